The van der Waals surface area contributed by atoms with E-state index in [0.717, 1.165) is 32.7 Å². The normalized spacial score (nSPS) is 11.2. The number of thiophene rings is 2. The van der Waals surface area contributed by atoms with Crippen LogP contribution in [0.5, 0.6) is 0 Å². The van der Waals surface area contributed by atoms with Gasteiger partial charge in [0, 0.05) is 20.2 Å². The minimum Gasteiger partial charge on any atom is -0.297 e. The highest BCUT2D eigenvalue weighted by Gasteiger charge is 2.15. The van der Waals surface area contributed by atoms with E-state index in [1.165, 1.54) is 22.7 Å². The Balaban J connectivity index is 2.45. The van der Waals surface area contributed by atoms with Crippen molar-refractivity contribution < 1.29 is 9.59 Å². The Kier molecular flexibility index (Phi) is 2.90. The Morgan fingerprint density at radius 1 is 0.833 bits per heavy atom. The van der Waals surface area contributed by atoms with E-state index < -0.39 is 0 Å². The number of aldehydes is 2. The second-order valence-electron chi connectivity index (χ2n) is 3.64. The molecule has 0 unspecified atom stereocenters. The third-order valence-corrected chi connectivity index (χ3v) is 5.84. The monoisotopic (exact) mass is 314 g/mol. The molecule has 90 valence electrons. The lowest BCUT2D eigenvalue weighted by Gasteiger charge is -1.92. The predicted molar refractivity (Wildman–Crippen MR) is 78.0 cm³/mol. The van der Waals surface area contributed by atoms with Crippen LogP contribution in [0.2, 0.25) is 10.0 Å². The molecule has 3 aromatic rings. The van der Waals surface area contributed by atoms with Crippen molar-refractivity contribution >= 4 is 78.6 Å². The third-order valence-electron chi connectivity index (χ3n) is 2.64. The summed E-state index contributed by atoms with van der Waals surface area (Å²) in [6.45, 7) is 0. The number of benzene rings is 1. The van der Waals surface area contributed by atoms with Crippen LogP contribution in [0.25, 0.3) is 20.2 Å². The molecule has 0 aliphatic carbocycles. The SMILES string of the molecule is O=Cc1sc2cc3c(Cl)c(C=O)sc3cc2c1Cl. The lowest BCUT2D eigenvalue weighted by Crippen LogP contribution is -1.70. The Labute approximate surface area is 120 Å². The van der Waals surface area contributed by atoms with Gasteiger partial charge in [0.25, 0.3) is 0 Å². The molecule has 18 heavy (non-hydrogen) atoms. The lowest BCUT2D eigenvalue weighted by atomic mass is 10.2. The molecule has 0 saturated heterocycles. The molecule has 0 aliphatic heterocycles. The molecule has 3 rings (SSSR count). The molecule has 0 radical (unpaired) electrons. The van der Waals surface area contributed by atoms with Gasteiger partial charge in [-0.15, -0.1) is 22.7 Å². The first-order valence-corrected chi connectivity index (χ1v) is 7.29. The first kappa shape index (κ1) is 12.1. The summed E-state index contributed by atoms with van der Waals surface area (Å²) in [7, 11) is 0. The number of hydrogen-bond donors (Lipinski definition) is 0. The summed E-state index contributed by atoms with van der Waals surface area (Å²) in [6, 6.07) is 3.75. The van der Waals surface area contributed by atoms with Crippen LogP contribution in [0.3, 0.4) is 0 Å². The Bertz CT molecular complexity index is 733. The number of rotatable bonds is 2. The van der Waals surface area contributed by atoms with E-state index in [9.17, 15) is 9.59 Å². The quantitative estimate of drug-likeness (QED) is 0.620. The van der Waals surface area contributed by atoms with Gasteiger partial charge in [-0.25, -0.2) is 0 Å². The highest BCUT2D eigenvalue weighted by atomic mass is 35.5. The smallest absolute Gasteiger partial charge is 0.161 e. The maximum atomic E-state index is 10.9. The van der Waals surface area contributed by atoms with Gasteiger partial charge in [-0.1, -0.05) is 23.2 Å². The minimum atomic E-state index is 0.462. The van der Waals surface area contributed by atoms with Gasteiger partial charge in [0.05, 0.1) is 19.8 Å². The fourth-order valence-electron chi connectivity index (χ4n) is 1.82. The van der Waals surface area contributed by atoms with Crippen molar-refractivity contribution in [2.75, 3.05) is 0 Å². The first-order valence-electron chi connectivity index (χ1n) is 4.90. The number of fused-ring (bicyclic) bond motifs is 2. The molecule has 0 amide bonds. The maximum absolute atomic E-state index is 10.9. The summed E-state index contributed by atoms with van der Waals surface area (Å²) in [5.74, 6) is 0. The van der Waals surface area contributed by atoms with E-state index >= 15 is 0 Å². The van der Waals surface area contributed by atoms with Crippen molar-refractivity contribution in [2.24, 2.45) is 0 Å². The zero-order valence-corrected chi connectivity index (χ0v) is 11.8. The molecule has 0 bridgehead atoms. The van der Waals surface area contributed by atoms with Crippen LogP contribution in [0.4, 0.5) is 0 Å². The molecule has 0 fully saturated rings. The molecular weight excluding hydrogens is 311 g/mol. The summed E-state index contributed by atoms with van der Waals surface area (Å²) >= 11 is 14.9. The molecule has 2 aromatic heterocycles. The van der Waals surface area contributed by atoms with Gasteiger partial charge in [-0.2, -0.15) is 0 Å². The van der Waals surface area contributed by atoms with E-state index in [-0.39, 0.29) is 0 Å². The van der Waals surface area contributed by atoms with Crippen molar-refractivity contribution in [1.29, 1.82) is 0 Å². The van der Waals surface area contributed by atoms with E-state index in [1.807, 2.05) is 12.1 Å². The average Bonchev–Trinajstić information content (AvgIpc) is 2.86. The molecule has 0 aliphatic rings. The summed E-state index contributed by atoms with van der Waals surface area (Å²) in [4.78, 5) is 22.7. The van der Waals surface area contributed by atoms with Crippen LogP contribution >= 0.6 is 45.9 Å². The topological polar surface area (TPSA) is 34.1 Å². The number of carbonyl (C=O) groups excluding carboxylic acids is 2. The second kappa shape index (κ2) is 4.31. The molecular formula is C12H4Cl2O2S2. The van der Waals surface area contributed by atoms with Crippen LogP contribution in [0, 0.1) is 0 Å². The molecule has 0 atom stereocenters. The van der Waals surface area contributed by atoms with Crippen molar-refractivity contribution in [2.45, 2.75) is 0 Å². The van der Waals surface area contributed by atoms with E-state index in [2.05, 4.69) is 0 Å². The average molecular weight is 315 g/mol. The summed E-state index contributed by atoms with van der Waals surface area (Å²) < 4.78 is 1.79. The molecule has 6 heteroatoms. The summed E-state index contributed by atoms with van der Waals surface area (Å²) in [5.41, 5.74) is 0. The van der Waals surface area contributed by atoms with E-state index in [4.69, 9.17) is 23.2 Å². The maximum Gasteiger partial charge on any atom is 0.161 e. The van der Waals surface area contributed by atoms with Gasteiger partial charge < -0.3 is 0 Å². The molecule has 0 N–H and O–H groups in total. The summed E-state index contributed by atoms with van der Waals surface area (Å²) in [5, 5.41) is 2.58. The number of hydrogen-bond acceptors (Lipinski definition) is 4. The first-order chi connectivity index (χ1) is 8.65. The van der Waals surface area contributed by atoms with Crippen LogP contribution in [0.15, 0.2) is 12.1 Å². The molecule has 1 aromatic carbocycles. The van der Waals surface area contributed by atoms with Gasteiger partial charge in [0.2, 0.25) is 0 Å². The highest BCUT2D eigenvalue weighted by molar-refractivity contribution is 7.23. The predicted octanol–water partition coefficient (Wildman–Crippen LogP) is 5.05. The Hall–Kier alpha value is -0.940. The third kappa shape index (κ3) is 1.61. The zero-order chi connectivity index (χ0) is 12.9. The number of halogens is 2. The van der Waals surface area contributed by atoms with Crippen molar-refractivity contribution in [1.82, 2.24) is 0 Å². The fraction of sp³-hybridized carbons (Fsp3) is 0. The largest absolute Gasteiger partial charge is 0.297 e. The molecule has 0 saturated carbocycles. The van der Waals surface area contributed by atoms with Gasteiger partial charge in [0.15, 0.2) is 12.6 Å². The zero-order valence-electron chi connectivity index (χ0n) is 8.70. The molecule has 2 nitrogen and oxygen atoms in total. The van der Waals surface area contributed by atoms with Crippen LogP contribution in [-0.4, -0.2) is 12.6 Å². The second-order valence-corrected chi connectivity index (χ2v) is 6.56. The Morgan fingerprint density at radius 3 is 1.56 bits per heavy atom. The van der Waals surface area contributed by atoms with Gasteiger partial charge in [-0.05, 0) is 12.1 Å². The minimum absolute atomic E-state index is 0.462. The van der Waals surface area contributed by atoms with Crippen molar-refractivity contribution in [3.63, 3.8) is 0 Å². The van der Waals surface area contributed by atoms with E-state index in [1.54, 1.807) is 0 Å². The lowest BCUT2D eigenvalue weighted by molar-refractivity contribution is 0.111. The standard InChI is InChI=1S/C12H4Cl2O2S2/c13-11-5-1-7-6(12(14)10(4-16)17-7)2-8(5)18-9(11)3-15/h1-4H. The fourth-order valence-corrected chi connectivity index (χ4v) is 4.43. The molecule has 0 spiro atoms. The summed E-state index contributed by atoms with van der Waals surface area (Å²) in [6.07, 6.45) is 1.50. The van der Waals surface area contributed by atoms with Crippen LogP contribution in [0.1, 0.15) is 19.3 Å². The van der Waals surface area contributed by atoms with Crippen molar-refractivity contribution in [3.8, 4) is 0 Å². The highest BCUT2D eigenvalue weighted by Crippen LogP contribution is 2.42. The van der Waals surface area contributed by atoms with Crippen molar-refractivity contribution in [3.05, 3.63) is 31.9 Å². The van der Waals surface area contributed by atoms with E-state index in [0.29, 0.717) is 19.8 Å². The van der Waals surface area contributed by atoms with Crippen LogP contribution < -0.4 is 0 Å². The Morgan fingerprint density at radius 2 is 1.22 bits per heavy atom. The van der Waals surface area contributed by atoms with Crippen LogP contribution in [-0.2, 0) is 0 Å². The molecule has 2 heterocycles. The number of carbonyl (C=O) groups is 2. The van der Waals surface area contributed by atoms with Gasteiger partial charge in [-0.3, -0.25) is 9.59 Å². The van der Waals surface area contributed by atoms with Gasteiger partial charge in [0.1, 0.15) is 0 Å². The van der Waals surface area contributed by atoms with Gasteiger partial charge >= 0.3 is 0 Å².